The number of aryl methyl sites for hydroxylation is 2. The second-order valence-electron chi connectivity index (χ2n) is 6.14. The molecule has 0 aliphatic carbocycles. The number of nitrogens with one attached hydrogen (secondary N) is 2. The van der Waals surface area contributed by atoms with E-state index in [1.807, 2.05) is 31.2 Å². The maximum Gasteiger partial charge on any atom is 0.257 e. The summed E-state index contributed by atoms with van der Waals surface area (Å²) in [5, 5.41) is 12.0. The first-order valence-electron chi connectivity index (χ1n) is 8.01. The van der Waals surface area contributed by atoms with Gasteiger partial charge in [-0.2, -0.15) is 0 Å². The van der Waals surface area contributed by atoms with Crippen LogP contribution in [0.5, 0.6) is 0 Å². The number of carbonyl (C=O) groups excluding carboxylic acids is 1. The Balaban J connectivity index is 1.74. The van der Waals surface area contributed by atoms with Crippen LogP contribution in [-0.4, -0.2) is 30.8 Å². The van der Waals surface area contributed by atoms with E-state index in [9.17, 15) is 13.2 Å². The summed E-state index contributed by atoms with van der Waals surface area (Å²) in [6, 6.07) is 12.6. The third-order valence-corrected chi connectivity index (χ3v) is 5.21. The normalized spacial score (nSPS) is 11.2. The highest BCUT2D eigenvalue weighted by molar-refractivity contribution is 7.92. The van der Waals surface area contributed by atoms with Crippen molar-refractivity contribution in [2.24, 2.45) is 0 Å². The molecule has 2 aromatic carbocycles. The minimum absolute atomic E-state index is 0.337. The van der Waals surface area contributed by atoms with Crippen LogP contribution >= 0.6 is 11.3 Å². The molecule has 3 rings (SSSR count). The number of benzene rings is 2. The number of sulfonamides is 1. The number of amides is 1. The summed E-state index contributed by atoms with van der Waals surface area (Å²) >= 11 is 1.28. The fourth-order valence-electron chi connectivity index (χ4n) is 2.37. The number of anilines is 2. The predicted octanol–water partition coefficient (Wildman–Crippen LogP) is 3.45. The number of hydrogen-bond acceptors (Lipinski definition) is 6. The van der Waals surface area contributed by atoms with Crippen LogP contribution in [0.2, 0.25) is 0 Å². The molecule has 0 radical (unpaired) electrons. The molecule has 0 bridgehead atoms. The Hall–Kier alpha value is -2.78. The Morgan fingerprint density at radius 1 is 1.04 bits per heavy atom. The van der Waals surface area contributed by atoms with Crippen LogP contribution in [-0.2, 0) is 10.0 Å². The summed E-state index contributed by atoms with van der Waals surface area (Å²) < 4.78 is 25.1. The van der Waals surface area contributed by atoms with Crippen molar-refractivity contribution < 1.29 is 13.2 Å². The predicted molar refractivity (Wildman–Crippen MR) is 108 cm³/mol. The van der Waals surface area contributed by atoms with E-state index >= 15 is 0 Å². The third kappa shape index (κ3) is 4.89. The number of carbonyl (C=O) groups is 1. The lowest BCUT2D eigenvalue weighted by atomic mass is 10.1. The lowest BCUT2D eigenvalue weighted by Crippen LogP contribution is -2.14. The molecule has 7 nitrogen and oxygen atoms in total. The molecule has 0 aliphatic heterocycles. The molecule has 1 aromatic heterocycles. The van der Waals surface area contributed by atoms with Gasteiger partial charge in [0.25, 0.3) is 5.91 Å². The van der Waals surface area contributed by atoms with Crippen LogP contribution < -0.4 is 10.0 Å². The molecule has 0 fully saturated rings. The van der Waals surface area contributed by atoms with Crippen molar-refractivity contribution in [3.05, 3.63) is 59.2 Å². The quantitative estimate of drug-likeness (QED) is 0.681. The number of aromatic nitrogens is 2. The second-order valence-corrected chi connectivity index (χ2v) is 8.86. The van der Waals surface area contributed by atoms with E-state index in [4.69, 9.17) is 0 Å². The molecule has 3 aromatic rings. The standard InChI is InChI=1S/C18H18N4O3S2/c1-11-4-6-13(7-5-11)17-20-21-18(26-17)19-16(23)14-8-9-15(12(2)10-14)22-27(3,24)25/h4-10,22H,1-3H3,(H,19,21,23). The fraction of sp³-hybridized carbons (Fsp3) is 0.167. The maximum absolute atomic E-state index is 12.4. The second kappa shape index (κ2) is 7.45. The smallest absolute Gasteiger partial charge is 0.257 e. The number of nitrogens with zero attached hydrogens (tertiary/aromatic N) is 2. The van der Waals surface area contributed by atoms with E-state index in [2.05, 4.69) is 20.2 Å². The van der Waals surface area contributed by atoms with Crippen molar-refractivity contribution in [1.82, 2.24) is 10.2 Å². The van der Waals surface area contributed by atoms with Gasteiger partial charge in [0.05, 0.1) is 11.9 Å². The van der Waals surface area contributed by atoms with Crippen LogP contribution in [0.25, 0.3) is 10.6 Å². The van der Waals surface area contributed by atoms with Crippen LogP contribution in [0.4, 0.5) is 10.8 Å². The molecule has 9 heteroatoms. The van der Waals surface area contributed by atoms with Gasteiger partial charge in [-0.1, -0.05) is 41.2 Å². The summed E-state index contributed by atoms with van der Waals surface area (Å²) in [7, 11) is -3.37. The molecule has 140 valence electrons. The minimum Gasteiger partial charge on any atom is -0.296 e. The molecule has 1 heterocycles. The fourth-order valence-corrected chi connectivity index (χ4v) is 3.75. The number of hydrogen-bond donors (Lipinski definition) is 2. The highest BCUT2D eigenvalue weighted by Gasteiger charge is 2.13. The Morgan fingerprint density at radius 3 is 2.37 bits per heavy atom. The zero-order valence-corrected chi connectivity index (χ0v) is 16.6. The van der Waals surface area contributed by atoms with E-state index in [1.165, 1.54) is 11.3 Å². The van der Waals surface area contributed by atoms with Crippen molar-refractivity contribution in [1.29, 1.82) is 0 Å². The molecular formula is C18H18N4O3S2. The van der Waals surface area contributed by atoms with E-state index in [0.29, 0.717) is 27.0 Å². The third-order valence-electron chi connectivity index (χ3n) is 3.73. The number of rotatable bonds is 5. The maximum atomic E-state index is 12.4. The molecule has 2 N–H and O–H groups in total. The van der Waals surface area contributed by atoms with Crippen LogP contribution in [0.3, 0.4) is 0 Å². The summed E-state index contributed by atoms with van der Waals surface area (Å²) in [6.45, 7) is 3.74. The minimum atomic E-state index is -3.37. The van der Waals surface area contributed by atoms with Crippen molar-refractivity contribution in [2.45, 2.75) is 13.8 Å². The molecule has 27 heavy (non-hydrogen) atoms. The van der Waals surface area contributed by atoms with Crippen LogP contribution in [0.15, 0.2) is 42.5 Å². The first-order valence-corrected chi connectivity index (χ1v) is 10.7. The molecule has 0 saturated carbocycles. The first-order chi connectivity index (χ1) is 12.7. The summed E-state index contributed by atoms with van der Waals surface area (Å²) in [6.07, 6.45) is 1.08. The highest BCUT2D eigenvalue weighted by Crippen LogP contribution is 2.27. The molecule has 0 aliphatic rings. The largest absolute Gasteiger partial charge is 0.296 e. The van der Waals surface area contributed by atoms with Gasteiger partial charge in [-0.3, -0.25) is 14.8 Å². The Labute approximate surface area is 161 Å². The molecule has 0 unspecified atom stereocenters. The van der Waals surface area contributed by atoms with Crippen LogP contribution in [0.1, 0.15) is 21.5 Å². The SMILES string of the molecule is Cc1ccc(-c2nnc(NC(=O)c3ccc(NS(C)(=O)=O)c(C)c3)s2)cc1. The van der Waals surface area contributed by atoms with Gasteiger partial charge in [0.2, 0.25) is 15.2 Å². The zero-order valence-electron chi connectivity index (χ0n) is 15.0. The van der Waals surface area contributed by atoms with Gasteiger partial charge in [-0.05, 0) is 37.6 Å². The topological polar surface area (TPSA) is 101 Å². The summed E-state index contributed by atoms with van der Waals surface area (Å²) in [4.78, 5) is 12.4. The van der Waals surface area contributed by atoms with Gasteiger partial charge < -0.3 is 0 Å². The van der Waals surface area contributed by atoms with Gasteiger partial charge in [0, 0.05) is 11.1 Å². The van der Waals surface area contributed by atoms with Crippen molar-refractivity contribution in [2.75, 3.05) is 16.3 Å². The average Bonchev–Trinajstić information content (AvgIpc) is 3.04. The molecule has 0 saturated heterocycles. The Kier molecular flexibility index (Phi) is 5.24. The van der Waals surface area contributed by atoms with Crippen molar-refractivity contribution >= 4 is 38.1 Å². The zero-order chi connectivity index (χ0) is 19.6. The average molecular weight is 403 g/mol. The molecule has 0 atom stereocenters. The van der Waals surface area contributed by atoms with Gasteiger partial charge >= 0.3 is 0 Å². The monoisotopic (exact) mass is 402 g/mol. The summed E-state index contributed by atoms with van der Waals surface area (Å²) in [5.74, 6) is -0.337. The highest BCUT2D eigenvalue weighted by atomic mass is 32.2. The summed E-state index contributed by atoms with van der Waals surface area (Å²) in [5.41, 5.74) is 3.57. The lowest BCUT2D eigenvalue weighted by Gasteiger charge is -2.09. The van der Waals surface area contributed by atoms with Crippen molar-refractivity contribution in [3.63, 3.8) is 0 Å². The first kappa shape index (κ1) is 19.0. The van der Waals surface area contributed by atoms with Crippen molar-refractivity contribution in [3.8, 4) is 10.6 Å². The van der Waals surface area contributed by atoms with Gasteiger partial charge in [-0.15, -0.1) is 10.2 Å². The lowest BCUT2D eigenvalue weighted by molar-refractivity contribution is 0.102. The Morgan fingerprint density at radius 2 is 1.74 bits per heavy atom. The molecule has 1 amide bonds. The van der Waals surface area contributed by atoms with Gasteiger partial charge in [0.15, 0.2) is 0 Å². The van der Waals surface area contributed by atoms with E-state index in [1.54, 1.807) is 25.1 Å². The van der Waals surface area contributed by atoms with Crippen LogP contribution in [0, 0.1) is 13.8 Å². The van der Waals surface area contributed by atoms with E-state index < -0.39 is 10.0 Å². The molecule has 0 spiro atoms. The van der Waals surface area contributed by atoms with E-state index in [-0.39, 0.29) is 5.91 Å². The van der Waals surface area contributed by atoms with Gasteiger partial charge in [0.1, 0.15) is 5.01 Å². The van der Waals surface area contributed by atoms with E-state index in [0.717, 1.165) is 17.4 Å². The molecular weight excluding hydrogens is 384 g/mol. The van der Waals surface area contributed by atoms with Gasteiger partial charge in [-0.25, -0.2) is 8.42 Å². The Bertz CT molecular complexity index is 1090.